The monoisotopic (exact) mass is 242 g/mol. The molecule has 0 aliphatic rings. The van der Waals surface area contributed by atoms with E-state index >= 15 is 0 Å². The van der Waals surface area contributed by atoms with Crippen LogP contribution >= 0.6 is 31.0 Å². The molecule has 0 rings (SSSR count). The summed E-state index contributed by atoms with van der Waals surface area (Å²) >= 11 is 9.53. The first kappa shape index (κ1) is 23.1. The van der Waals surface area contributed by atoms with Crippen LogP contribution in [0.15, 0.2) is 0 Å². The van der Waals surface area contributed by atoms with Gasteiger partial charge in [-0.1, -0.05) is 0 Å². The van der Waals surface area contributed by atoms with Crippen molar-refractivity contribution >= 4 is 68.8 Å². The summed E-state index contributed by atoms with van der Waals surface area (Å²) in [5.74, 6) is 0. The zero-order chi connectivity index (χ0) is 7.21. The predicted octanol–water partition coefficient (Wildman–Crippen LogP) is -4.78. The number of hydrogen-bond acceptors (Lipinski definition) is 4. The SMILES string of the molecule is ClCCl.O=P([O-])([O-])[O-].[Ca+2].[Na+]. The van der Waals surface area contributed by atoms with Crippen LogP contribution in [0.3, 0.4) is 0 Å². The zero-order valence-electron chi connectivity index (χ0n) is 5.25. The number of halogens is 2. The van der Waals surface area contributed by atoms with Crippen molar-refractivity contribution in [3.63, 3.8) is 0 Å². The average Bonchev–Trinajstić information content (AvgIpc) is 1.27. The van der Waals surface area contributed by atoms with Gasteiger partial charge in [-0.2, -0.15) is 7.82 Å². The van der Waals surface area contributed by atoms with Gasteiger partial charge in [0.05, 0.1) is 5.34 Å². The van der Waals surface area contributed by atoms with E-state index in [1.165, 1.54) is 0 Å². The van der Waals surface area contributed by atoms with Gasteiger partial charge >= 0.3 is 67.3 Å². The van der Waals surface area contributed by atoms with E-state index in [1.807, 2.05) is 0 Å². The molecule has 0 aliphatic carbocycles. The summed E-state index contributed by atoms with van der Waals surface area (Å²) in [6.45, 7) is 0. The van der Waals surface area contributed by atoms with Gasteiger partial charge in [-0.05, 0) is 0 Å². The first-order valence-corrected chi connectivity index (χ1v) is 3.79. The minimum Gasteiger partial charge on any atom is -0.822 e. The molecule has 0 spiro atoms. The Kier molecular flexibility index (Phi) is 33.4. The van der Waals surface area contributed by atoms with E-state index in [0.29, 0.717) is 0 Å². The van der Waals surface area contributed by atoms with Crippen LogP contribution in [-0.2, 0) is 4.57 Å². The van der Waals surface area contributed by atoms with Crippen LogP contribution in [0.25, 0.3) is 0 Å². The normalized spacial score (nSPS) is 7.70. The van der Waals surface area contributed by atoms with Crippen molar-refractivity contribution in [1.29, 1.82) is 0 Å². The molecule has 0 aromatic heterocycles. The number of hydrogen-bond donors (Lipinski definition) is 0. The van der Waals surface area contributed by atoms with Crippen LogP contribution in [0.2, 0.25) is 0 Å². The Morgan fingerprint density at radius 2 is 1.20 bits per heavy atom. The minimum atomic E-state index is -5.39. The topological polar surface area (TPSA) is 86.2 Å². The molecule has 0 saturated carbocycles. The molecule has 0 aromatic rings. The van der Waals surface area contributed by atoms with Gasteiger partial charge in [-0.25, -0.2) is 0 Å². The van der Waals surface area contributed by atoms with Crippen molar-refractivity contribution in [3.05, 3.63) is 0 Å². The second-order valence-electron chi connectivity index (χ2n) is 0.548. The van der Waals surface area contributed by atoms with E-state index in [9.17, 15) is 0 Å². The summed E-state index contributed by atoms with van der Waals surface area (Å²) < 4.78 is 8.55. The van der Waals surface area contributed by atoms with Gasteiger partial charge in [0.1, 0.15) is 0 Å². The molecule has 52 valence electrons. The molecule has 10 heavy (non-hydrogen) atoms. The van der Waals surface area contributed by atoms with E-state index in [-0.39, 0.29) is 72.6 Å². The molecule has 0 saturated heterocycles. The zero-order valence-corrected chi connectivity index (χ0v) is 11.9. The molecule has 0 amide bonds. The Balaban J connectivity index is -0.0000000326. The van der Waals surface area contributed by atoms with E-state index in [1.54, 1.807) is 0 Å². The van der Waals surface area contributed by atoms with Crippen molar-refractivity contribution in [1.82, 2.24) is 0 Å². The molecular weight excluding hydrogens is 241 g/mol. The molecule has 0 heterocycles. The number of phosphoric acid groups is 1. The van der Waals surface area contributed by atoms with Crippen LogP contribution in [0.4, 0.5) is 0 Å². The maximum atomic E-state index is 8.55. The average molecular weight is 243 g/mol. The fourth-order valence-electron chi connectivity index (χ4n) is 0. The Morgan fingerprint density at radius 1 is 1.20 bits per heavy atom. The van der Waals surface area contributed by atoms with Gasteiger partial charge < -0.3 is 19.2 Å². The summed E-state index contributed by atoms with van der Waals surface area (Å²) in [5.41, 5.74) is 0. The Hall–Kier alpha value is 2.95. The smallest absolute Gasteiger partial charge is 0.822 e. The van der Waals surface area contributed by atoms with Crippen molar-refractivity contribution in [2.45, 2.75) is 0 Å². The van der Waals surface area contributed by atoms with E-state index in [4.69, 9.17) is 42.4 Å². The molecule has 0 aromatic carbocycles. The minimum absolute atomic E-state index is 0. The second-order valence-corrected chi connectivity index (χ2v) is 2.25. The summed E-state index contributed by atoms with van der Waals surface area (Å²) in [7, 11) is -5.39. The maximum absolute atomic E-state index is 8.55. The van der Waals surface area contributed by atoms with E-state index in [2.05, 4.69) is 0 Å². The van der Waals surface area contributed by atoms with Crippen LogP contribution in [0.1, 0.15) is 0 Å². The number of rotatable bonds is 0. The molecule has 0 radical (unpaired) electrons. The fourth-order valence-corrected chi connectivity index (χ4v) is 0. The first-order chi connectivity index (χ1) is 3.41. The molecule has 0 bridgehead atoms. The molecular formula is CH2CaCl2NaO4P. The molecule has 0 unspecified atom stereocenters. The number of alkyl halides is 2. The van der Waals surface area contributed by atoms with E-state index in [0.717, 1.165) is 0 Å². The Bertz CT molecular complexity index is 79.1. The summed E-state index contributed by atoms with van der Waals surface area (Å²) in [6, 6.07) is 0. The third-order valence-corrected chi connectivity index (χ3v) is 0. The molecule has 0 atom stereocenters. The van der Waals surface area contributed by atoms with Crippen LogP contribution in [0, 0.1) is 0 Å². The molecule has 0 fully saturated rings. The van der Waals surface area contributed by atoms with E-state index < -0.39 is 7.82 Å². The van der Waals surface area contributed by atoms with Gasteiger partial charge in [0, 0.05) is 0 Å². The molecule has 9 heteroatoms. The predicted molar refractivity (Wildman–Crippen MR) is 29.9 cm³/mol. The maximum Gasteiger partial charge on any atom is 2.00 e. The van der Waals surface area contributed by atoms with Crippen molar-refractivity contribution in [3.8, 4) is 0 Å². The summed E-state index contributed by atoms with van der Waals surface area (Å²) in [6.07, 6.45) is 0. The third-order valence-electron chi connectivity index (χ3n) is 0. The van der Waals surface area contributed by atoms with Gasteiger partial charge in [-0.3, -0.25) is 0 Å². The fraction of sp³-hybridized carbons (Fsp3) is 1.00. The second kappa shape index (κ2) is 14.5. The third kappa shape index (κ3) is 125. The standard InChI is InChI=1S/CH2Cl2.Ca.Na.H3O4P/c2-1-3;;;1-5(2,3)4/h1H2;;;(H3,1,2,3,4)/q;+2;+1;/p-3. The molecule has 0 aliphatic heterocycles. The van der Waals surface area contributed by atoms with Gasteiger partial charge in [0.2, 0.25) is 0 Å². The Morgan fingerprint density at radius 3 is 1.20 bits per heavy atom. The largest absolute Gasteiger partial charge is 2.00 e. The van der Waals surface area contributed by atoms with Crippen LogP contribution < -0.4 is 44.2 Å². The molecule has 4 nitrogen and oxygen atoms in total. The first-order valence-electron chi connectivity index (χ1n) is 1.26. The van der Waals surface area contributed by atoms with Gasteiger partial charge in [-0.15, -0.1) is 23.2 Å². The summed E-state index contributed by atoms with van der Waals surface area (Å²) in [5, 5.41) is 0.194. The quantitative estimate of drug-likeness (QED) is 0.243. The van der Waals surface area contributed by atoms with Gasteiger partial charge in [0.15, 0.2) is 0 Å². The summed E-state index contributed by atoms with van der Waals surface area (Å²) in [4.78, 5) is 25.6. The van der Waals surface area contributed by atoms with Crippen molar-refractivity contribution in [2.75, 3.05) is 5.34 Å². The van der Waals surface area contributed by atoms with Crippen molar-refractivity contribution in [2.24, 2.45) is 0 Å². The van der Waals surface area contributed by atoms with Crippen LogP contribution in [-0.4, -0.2) is 43.1 Å². The molecule has 0 N–H and O–H groups in total. The van der Waals surface area contributed by atoms with Crippen LogP contribution in [0.5, 0.6) is 0 Å². The van der Waals surface area contributed by atoms with Gasteiger partial charge in [0.25, 0.3) is 0 Å². The van der Waals surface area contributed by atoms with Crippen molar-refractivity contribution < 1.29 is 48.8 Å². The Labute approximate surface area is 121 Å².